The number of carbonyl (C=O) groups excluding carboxylic acids is 2. The molecular formula is C58H98NO8P. The van der Waals surface area contributed by atoms with Gasteiger partial charge in [-0.15, -0.1) is 0 Å². The summed E-state index contributed by atoms with van der Waals surface area (Å²) in [6, 6.07) is 0. The van der Waals surface area contributed by atoms with Gasteiger partial charge < -0.3 is 27.9 Å². The van der Waals surface area contributed by atoms with Gasteiger partial charge in [0.25, 0.3) is 7.82 Å². The first-order valence-electron chi connectivity index (χ1n) is 26.6. The molecule has 388 valence electrons. The first-order chi connectivity index (χ1) is 33.0. The molecule has 0 fully saturated rings. The van der Waals surface area contributed by atoms with Gasteiger partial charge in [-0.3, -0.25) is 14.2 Å². The number of likely N-dealkylation sites (N-methyl/N-ethyl adjacent to an activating group) is 1. The van der Waals surface area contributed by atoms with Crippen LogP contribution < -0.4 is 4.89 Å². The topological polar surface area (TPSA) is 111 Å². The number of phosphoric acid groups is 1. The highest BCUT2D eigenvalue weighted by atomic mass is 31.2. The van der Waals surface area contributed by atoms with E-state index in [1.807, 2.05) is 21.1 Å². The van der Waals surface area contributed by atoms with E-state index in [1.54, 1.807) is 0 Å². The van der Waals surface area contributed by atoms with E-state index in [-0.39, 0.29) is 26.1 Å². The molecule has 0 aliphatic carbocycles. The second kappa shape index (κ2) is 48.7. The fraction of sp³-hybridized carbons (Fsp3) is 0.655. The Bertz CT molecular complexity index is 1520. The molecular weight excluding hydrogens is 870 g/mol. The molecule has 0 radical (unpaired) electrons. The van der Waals surface area contributed by atoms with Crippen molar-refractivity contribution in [3.63, 3.8) is 0 Å². The lowest BCUT2D eigenvalue weighted by Gasteiger charge is -2.28. The lowest BCUT2D eigenvalue weighted by Crippen LogP contribution is -2.37. The number of ether oxygens (including phenoxy) is 2. The van der Waals surface area contributed by atoms with Gasteiger partial charge in [0.15, 0.2) is 6.10 Å². The highest BCUT2D eigenvalue weighted by molar-refractivity contribution is 7.45. The van der Waals surface area contributed by atoms with E-state index in [0.29, 0.717) is 17.4 Å². The second-order valence-electron chi connectivity index (χ2n) is 18.5. The van der Waals surface area contributed by atoms with Crippen LogP contribution >= 0.6 is 7.82 Å². The first kappa shape index (κ1) is 64.7. The van der Waals surface area contributed by atoms with Crippen molar-refractivity contribution in [1.29, 1.82) is 0 Å². The summed E-state index contributed by atoms with van der Waals surface area (Å²) in [5, 5.41) is 0. The SMILES string of the molecule is CC/C=C\C/C=C\C/C=C\C/C=C\C/C=C\CCCCCC(=O)OC(COC(=O)CCCCCCCCCCCCCC/C=C\C/C=C\C/C=C\C/C=C\CC)COP(=O)([O-])OCC[N+](C)(C)C. The molecule has 0 aliphatic rings. The Morgan fingerprint density at radius 1 is 0.456 bits per heavy atom. The number of carbonyl (C=O) groups is 2. The minimum Gasteiger partial charge on any atom is -0.756 e. The maximum absolute atomic E-state index is 12.7. The maximum atomic E-state index is 12.7. The van der Waals surface area contributed by atoms with Gasteiger partial charge in [0, 0.05) is 12.8 Å². The van der Waals surface area contributed by atoms with Crippen LogP contribution in [0.1, 0.15) is 194 Å². The van der Waals surface area contributed by atoms with Crippen LogP contribution in [0, 0.1) is 0 Å². The van der Waals surface area contributed by atoms with E-state index in [0.717, 1.165) is 103 Å². The van der Waals surface area contributed by atoms with Gasteiger partial charge in [-0.25, -0.2) is 0 Å². The summed E-state index contributed by atoms with van der Waals surface area (Å²) in [4.78, 5) is 37.8. The van der Waals surface area contributed by atoms with Crippen LogP contribution in [-0.4, -0.2) is 70.0 Å². The van der Waals surface area contributed by atoms with Crippen LogP contribution in [0.3, 0.4) is 0 Å². The summed E-state index contributed by atoms with van der Waals surface area (Å²) in [6.45, 7) is 3.95. The van der Waals surface area contributed by atoms with E-state index in [2.05, 4.69) is 123 Å². The average molecular weight is 968 g/mol. The summed E-state index contributed by atoms with van der Waals surface area (Å²) >= 11 is 0. The summed E-state index contributed by atoms with van der Waals surface area (Å²) in [6.07, 6.45) is 67.0. The van der Waals surface area contributed by atoms with Crippen molar-refractivity contribution >= 4 is 19.8 Å². The van der Waals surface area contributed by atoms with Crippen LogP contribution in [-0.2, 0) is 32.7 Å². The Morgan fingerprint density at radius 2 is 0.794 bits per heavy atom. The minimum absolute atomic E-state index is 0.0437. The largest absolute Gasteiger partial charge is 0.756 e. The van der Waals surface area contributed by atoms with Gasteiger partial charge in [0.05, 0.1) is 27.7 Å². The smallest absolute Gasteiger partial charge is 0.306 e. The van der Waals surface area contributed by atoms with Crippen molar-refractivity contribution in [1.82, 2.24) is 0 Å². The Kier molecular flexibility index (Phi) is 46.3. The average Bonchev–Trinajstić information content (AvgIpc) is 3.30. The molecule has 0 aromatic heterocycles. The number of nitrogens with zero attached hydrogens (tertiary/aromatic N) is 1. The maximum Gasteiger partial charge on any atom is 0.306 e. The summed E-state index contributed by atoms with van der Waals surface area (Å²) in [5.41, 5.74) is 0. The van der Waals surface area contributed by atoms with Crippen molar-refractivity contribution < 1.29 is 42.1 Å². The number of hydrogen-bond acceptors (Lipinski definition) is 8. The fourth-order valence-electron chi connectivity index (χ4n) is 6.73. The molecule has 68 heavy (non-hydrogen) atoms. The molecule has 10 heteroatoms. The van der Waals surface area contributed by atoms with Crippen LogP contribution in [0.4, 0.5) is 0 Å². The molecule has 0 amide bonds. The Morgan fingerprint density at radius 3 is 1.19 bits per heavy atom. The minimum atomic E-state index is -4.65. The van der Waals surface area contributed by atoms with Gasteiger partial charge in [-0.1, -0.05) is 194 Å². The van der Waals surface area contributed by atoms with Crippen molar-refractivity contribution in [3.8, 4) is 0 Å². The van der Waals surface area contributed by atoms with Gasteiger partial charge in [-0.05, 0) is 96.3 Å². The zero-order valence-electron chi connectivity index (χ0n) is 43.8. The number of quaternary nitrogens is 1. The molecule has 0 heterocycles. The van der Waals surface area contributed by atoms with Gasteiger partial charge in [-0.2, -0.15) is 0 Å². The Labute approximate surface area is 416 Å². The molecule has 0 rings (SSSR count). The number of phosphoric ester groups is 1. The molecule has 0 spiro atoms. The molecule has 9 nitrogen and oxygen atoms in total. The fourth-order valence-corrected chi connectivity index (χ4v) is 7.46. The zero-order valence-corrected chi connectivity index (χ0v) is 44.7. The van der Waals surface area contributed by atoms with E-state index in [4.69, 9.17) is 18.5 Å². The van der Waals surface area contributed by atoms with E-state index < -0.39 is 32.5 Å². The molecule has 2 atom stereocenters. The van der Waals surface area contributed by atoms with Crippen LogP contribution in [0.5, 0.6) is 0 Å². The first-order valence-corrected chi connectivity index (χ1v) is 28.1. The zero-order chi connectivity index (χ0) is 49.9. The molecule has 2 unspecified atom stereocenters. The van der Waals surface area contributed by atoms with Crippen molar-refractivity contribution in [2.75, 3.05) is 47.5 Å². The summed E-state index contributed by atoms with van der Waals surface area (Å²) in [7, 11) is 1.13. The Balaban J connectivity index is 4.28. The van der Waals surface area contributed by atoms with Crippen molar-refractivity contribution in [2.24, 2.45) is 0 Å². The highest BCUT2D eigenvalue weighted by Gasteiger charge is 2.21. The van der Waals surface area contributed by atoms with Crippen molar-refractivity contribution in [3.05, 3.63) is 109 Å². The van der Waals surface area contributed by atoms with Crippen LogP contribution in [0.25, 0.3) is 0 Å². The summed E-state index contributed by atoms with van der Waals surface area (Å²) < 4.78 is 34.0. The van der Waals surface area contributed by atoms with Crippen LogP contribution in [0.15, 0.2) is 109 Å². The number of unbranched alkanes of at least 4 members (excludes halogenated alkanes) is 15. The third-order valence-electron chi connectivity index (χ3n) is 10.8. The number of hydrogen-bond donors (Lipinski definition) is 0. The number of esters is 2. The molecule has 0 saturated carbocycles. The molecule has 0 bridgehead atoms. The van der Waals surface area contributed by atoms with E-state index in [9.17, 15) is 19.0 Å². The normalized spacial score (nSPS) is 14.3. The predicted molar refractivity (Wildman–Crippen MR) is 286 cm³/mol. The lowest BCUT2D eigenvalue weighted by atomic mass is 10.0. The molecule has 0 aromatic carbocycles. The third kappa shape index (κ3) is 52.0. The third-order valence-corrected chi connectivity index (χ3v) is 11.8. The van der Waals surface area contributed by atoms with Gasteiger partial charge in [0.2, 0.25) is 0 Å². The molecule has 0 N–H and O–H groups in total. The van der Waals surface area contributed by atoms with Gasteiger partial charge >= 0.3 is 11.9 Å². The summed E-state index contributed by atoms with van der Waals surface area (Å²) in [5.74, 6) is -0.881. The Hall–Kier alpha value is -3.33. The number of rotatable bonds is 47. The molecule has 0 aliphatic heterocycles. The quantitative estimate of drug-likeness (QED) is 0.0195. The lowest BCUT2D eigenvalue weighted by molar-refractivity contribution is -0.870. The van der Waals surface area contributed by atoms with E-state index >= 15 is 0 Å². The highest BCUT2D eigenvalue weighted by Crippen LogP contribution is 2.38. The number of allylic oxidation sites excluding steroid dienone is 18. The van der Waals surface area contributed by atoms with E-state index in [1.165, 1.54) is 57.8 Å². The predicted octanol–water partition coefficient (Wildman–Crippen LogP) is 15.6. The standard InChI is InChI=1S/C58H98NO8P/c1-6-8-10-12-14-16-18-20-22-24-26-27-28-29-30-31-33-34-36-38-40-42-44-46-48-50-57(60)64-54-56(55-66-68(62,63)65-53-52-59(3,4)5)67-58(61)51-49-47-45-43-41-39-37-35-32-25-23-21-19-17-15-13-11-9-7-2/h8-11,14-17,20-23,26-27,32,35,39,41,56H,6-7,12-13,18-19,24-25,28-31,33-34,36-38,40,42-55H2,1-5H3/b10-8-,11-9-,16-14-,17-15-,22-20-,23-21-,27-26-,35-32-,41-39-. The van der Waals surface area contributed by atoms with Crippen molar-refractivity contribution in [2.45, 2.75) is 200 Å². The molecule has 0 saturated heterocycles. The van der Waals surface area contributed by atoms with Crippen LogP contribution in [0.2, 0.25) is 0 Å². The van der Waals surface area contributed by atoms with Gasteiger partial charge in [0.1, 0.15) is 19.8 Å². The molecule has 0 aromatic rings. The monoisotopic (exact) mass is 968 g/mol. The second-order valence-corrected chi connectivity index (χ2v) is 19.9.